The zero-order valence-corrected chi connectivity index (χ0v) is 17.1. The van der Waals surface area contributed by atoms with E-state index in [1.165, 1.54) is 25.7 Å². The molecule has 0 spiro atoms. The van der Waals surface area contributed by atoms with Gasteiger partial charge in [-0.3, -0.25) is 14.4 Å². The number of imidazole rings is 1. The van der Waals surface area contributed by atoms with E-state index in [-0.39, 0.29) is 35.3 Å². The standard InChI is InChI=1S/C21H23N7O4/c1-23-21(31)12-9-24-17(27-20(30)11-3-4-11)8-14(12)26-13-5-6-28-10-25-15(7-16(22)29)18(28)19(13)32-2/h5-6,8-11H,3-4,7H2,1-2H3,(H2,22,29)(H,23,31)(H2,24,26,27,30)/i1D3. The van der Waals surface area contributed by atoms with Gasteiger partial charge in [0.2, 0.25) is 11.8 Å². The third kappa shape index (κ3) is 4.17. The molecule has 0 atom stereocenters. The number of anilines is 3. The number of hydrogen-bond donors (Lipinski definition) is 4. The highest BCUT2D eigenvalue weighted by atomic mass is 16.5. The van der Waals surface area contributed by atoms with Gasteiger partial charge in [0.15, 0.2) is 5.75 Å². The second kappa shape index (κ2) is 8.53. The van der Waals surface area contributed by atoms with Crippen molar-refractivity contribution in [1.82, 2.24) is 19.7 Å². The van der Waals surface area contributed by atoms with Crippen LogP contribution < -0.4 is 26.4 Å². The third-order valence-electron chi connectivity index (χ3n) is 5.01. The maximum atomic E-state index is 12.7. The second-order valence-electron chi connectivity index (χ2n) is 7.31. The van der Waals surface area contributed by atoms with E-state index < -0.39 is 18.8 Å². The van der Waals surface area contributed by atoms with E-state index in [4.69, 9.17) is 14.6 Å². The summed E-state index contributed by atoms with van der Waals surface area (Å²) in [5.41, 5.74) is 6.71. The van der Waals surface area contributed by atoms with Crippen LogP contribution in [0.5, 0.6) is 5.75 Å². The SMILES string of the molecule is [2H]C([2H])([2H])NC(=O)c1cnc(NC(=O)C2CC2)cc1Nc1ccn2cnc(CC(N)=O)c2c1OC. The van der Waals surface area contributed by atoms with Crippen molar-refractivity contribution in [1.29, 1.82) is 0 Å². The number of nitrogens with zero attached hydrogens (tertiary/aromatic N) is 3. The zero-order chi connectivity index (χ0) is 25.3. The Morgan fingerprint density at radius 1 is 1.31 bits per heavy atom. The summed E-state index contributed by atoms with van der Waals surface area (Å²) in [6.07, 6.45) is 5.83. The highest BCUT2D eigenvalue weighted by molar-refractivity contribution is 6.01. The normalized spacial score (nSPS) is 14.7. The lowest BCUT2D eigenvalue weighted by Gasteiger charge is -2.16. The van der Waals surface area contributed by atoms with Crippen LogP contribution >= 0.6 is 0 Å². The predicted molar refractivity (Wildman–Crippen MR) is 117 cm³/mol. The number of methoxy groups -OCH3 is 1. The third-order valence-corrected chi connectivity index (χ3v) is 5.01. The quantitative estimate of drug-likeness (QED) is 0.411. The first kappa shape index (κ1) is 17.5. The molecule has 11 heteroatoms. The maximum absolute atomic E-state index is 12.7. The number of carbonyl (C=O) groups is 3. The molecule has 1 aliphatic rings. The van der Waals surface area contributed by atoms with Crippen LogP contribution in [0.4, 0.5) is 17.2 Å². The van der Waals surface area contributed by atoms with Gasteiger partial charge in [-0.15, -0.1) is 0 Å². The van der Waals surface area contributed by atoms with Crippen molar-refractivity contribution >= 4 is 40.4 Å². The number of rotatable bonds is 8. The molecule has 3 aromatic rings. The summed E-state index contributed by atoms with van der Waals surface area (Å²) in [4.78, 5) is 44.7. The predicted octanol–water partition coefficient (Wildman–Crippen LogP) is 1.22. The number of aromatic nitrogens is 3. The first-order valence-corrected chi connectivity index (χ1v) is 9.77. The average molecular weight is 440 g/mol. The monoisotopic (exact) mass is 440 g/mol. The molecule has 3 heterocycles. The Bertz CT molecular complexity index is 1320. The number of nitrogens with two attached hydrogens (primary N) is 1. The minimum Gasteiger partial charge on any atom is -0.492 e. The highest BCUT2D eigenvalue weighted by Gasteiger charge is 2.30. The van der Waals surface area contributed by atoms with Gasteiger partial charge in [-0.25, -0.2) is 9.97 Å². The summed E-state index contributed by atoms with van der Waals surface area (Å²) in [5, 5.41) is 7.69. The van der Waals surface area contributed by atoms with Gasteiger partial charge in [0, 0.05) is 35.5 Å². The summed E-state index contributed by atoms with van der Waals surface area (Å²) in [6, 6.07) is 3.08. The fraction of sp³-hybridized carbons (Fsp3) is 0.286. The summed E-state index contributed by atoms with van der Waals surface area (Å²) in [6.45, 7) is -2.72. The van der Waals surface area contributed by atoms with Crippen molar-refractivity contribution in [2.24, 2.45) is 11.7 Å². The van der Waals surface area contributed by atoms with E-state index >= 15 is 0 Å². The molecule has 0 aromatic carbocycles. The number of nitrogens with one attached hydrogen (secondary N) is 3. The molecule has 3 aromatic heterocycles. The minimum atomic E-state index is -2.72. The summed E-state index contributed by atoms with van der Waals surface area (Å²) in [7, 11) is 1.43. The fourth-order valence-electron chi connectivity index (χ4n) is 3.31. The lowest BCUT2D eigenvalue weighted by Crippen LogP contribution is -2.20. The number of carbonyl (C=O) groups excluding carboxylic acids is 3. The van der Waals surface area contributed by atoms with Gasteiger partial charge in [-0.05, 0) is 18.9 Å². The van der Waals surface area contributed by atoms with Gasteiger partial charge >= 0.3 is 0 Å². The summed E-state index contributed by atoms with van der Waals surface area (Å²) < 4.78 is 29.3. The number of pyridine rings is 2. The lowest BCUT2D eigenvalue weighted by molar-refractivity contribution is -0.118. The second-order valence-corrected chi connectivity index (χ2v) is 7.31. The number of primary amides is 1. The van der Waals surface area contributed by atoms with Gasteiger partial charge in [-0.2, -0.15) is 0 Å². The Morgan fingerprint density at radius 3 is 2.81 bits per heavy atom. The molecular weight excluding hydrogens is 414 g/mol. The van der Waals surface area contributed by atoms with Crippen molar-refractivity contribution in [3.63, 3.8) is 0 Å². The van der Waals surface area contributed by atoms with Gasteiger partial charge in [0.1, 0.15) is 11.3 Å². The molecule has 0 radical (unpaired) electrons. The van der Waals surface area contributed by atoms with E-state index in [1.807, 2.05) is 5.32 Å². The van der Waals surface area contributed by atoms with Crippen LogP contribution in [0.15, 0.2) is 30.9 Å². The molecule has 0 aliphatic heterocycles. The number of amides is 3. The topological polar surface area (TPSA) is 153 Å². The van der Waals surface area contributed by atoms with Gasteiger partial charge in [0.25, 0.3) is 5.91 Å². The van der Waals surface area contributed by atoms with Crippen LogP contribution in [-0.2, 0) is 16.0 Å². The highest BCUT2D eigenvalue weighted by Crippen LogP contribution is 2.35. The molecule has 11 nitrogen and oxygen atoms in total. The summed E-state index contributed by atoms with van der Waals surface area (Å²) in [5.74, 6) is -1.21. The first-order valence-electron chi connectivity index (χ1n) is 11.3. The Morgan fingerprint density at radius 2 is 2.12 bits per heavy atom. The van der Waals surface area contributed by atoms with Crippen molar-refractivity contribution in [2.75, 3.05) is 24.7 Å². The lowest BCUT2D eigenvalue weighted by atomic mass is 10.1. The Balaban J connectivity index is 1.75. The van der Waals surface area contributed by atoms with Crippen LogP contribution in [0, 0.1) is 5.92 Å². The Labute approximate surface area is 187 Å². The largest absolute Gasteiger partial charge is 0.492 e. The van der Waals surface area contributed by atoms with E-state index in [0.717, 1.165) is 12.8 Å². The van der Waals surface area contributed by atoms with E-state index in [0.29, 0.717) is 22.6 Å². The van der Waals surface area contributed by atoms with Gasteiger partial charge in [0.05, 0.1) is 42.5 Å². The molecule has 166 valence electrons. The van der Waals surface area contributed by atoms with Crippen molar-refractivity contribution < 1.29 is 23.2 Å². The molecular formula is C21H23N7O4. The van der Waals surface area contributed by atoms with Gasteiger partial charge in [-0.1, -0.05) is 0 Å². The van der Waals surface area contributed by atoms with E-state index in [2.05, 4.69) is 20.6 Å². The molecule has 0 unspecified atom stereocenters. The summed E-state index contributed by atoms with van der Waals surface area (Å²) >= 11 is 0. The van der Waals surface area contributed by atoms with Crippen LogP contribution in [-0.4, -0.2) is 46.2 Å². The molecule has 1 saturated carbocycles. The fourth-order valence-corrected chi connectivity index (χ4v) is 3.31. The molecule has 5 N–H and O–H groups in total. The molecule has 1 aliphatic carbocycles. The number of hydrogen-bond acceptors (Lipinski definition) is 7. The Kier molecular flexibility index (Phi) is 4.67. The molecule has 3 amide bonds. The maximum Gasteiger partial charge on any atom is 0.254 e. The van der Waals surface area contributed by atoms with Gasteiger partial charge < -0.3 is 30.8 Å². The van der Waals surface area contributed by atoms with Crippen LogP contribution in [0.3, 0.4) is 0 Å². The minimum absolute atomic E-state index is 0.0696. The van der Waals surface area contributed by atoms with Crippen molar-refractivity contribution in [3.05, 3.63) is 42.1 Å². The molecule has 4 rings (SSSR count). The molecule has 32 heavy (non-hydrogen) atoms. The smallest absolute Gasteiger partial charge is 0.254 e. The van der Waals surface area contributed by atoms with Crippen LogP contribution in [0.2, 0.25) is 0 Å². The number of fused-ring (bicyclic) bond motifs is 1. The number of ether oxygens (including phenoxy) is 1. The van der Waals surface area contributed by atoms with E-state index in [9.17, 15) is 14.4 Å². The zero-order valence-electron chi connectivity index (χ0n) is 20.1. The average Bonchev–Trinajstić information content (AvgIpc) is 3.55. The first-order chi connectivity index (χ1) is 16.6. The molecule has 1 fully saturated rings. The molecule has 0 bridgehead atoms. The Hall–Kier alpha value is -4.15. The van der Waals surface area contributed by atoms with Crippen LogP contribution in [0.25, 0.3) is 5.52 Å². The van der Waals surface area contributed by atoms with Crippen molar-refractivity contribution in [2.45, 2.75) is 19.3 Å². The van der Waals surface area contributed by atoms with Crippen LogP contribution in [0.1, 0.15) is 33.0 Å². The van der Waals surface area contributed by atoms with E-state index in [1.54, 1.807) is 16.7 Å². The molecule has 0 saturated heterocycles. The van der Waals surface area contributed by atoms with Crippen molar-refractivity contribution in [3.8, 4) is 5.75 Å².